The molecule has 1 aliphatic heterocycles. The van der Waals surface area contributed by atoms with Crippen molar-refractivity contribution in [1.82, 2.24) is 9.88 Å². The van der Waals surface area contributed by atoms with Gasteiger partial charge in [-0.15, -0.1) is 11.3 Å². The van der Waals surface area contributed by atoms with Gasteiger partial charge in [-0.05, 0) is 41.6 Å². The standard InChI is InChI=1S/C16H14N2OS/c19-16(13-2-1-3-14-12(13)4-7-17-14)18-8-5-15-11(10-18)6-9-20-15/h1-4,6-7,9,17H,5,8,10H2. The fourth-order valence-corrected chi connectivity index (χ4v) is 3.75. The zero-order chi connectivity index (χ0) is 13.5. The highest BCUT2D eigenvalue weighted by molar-refractivity contribution is 7.10. The Morgan fingerprint density at radius 3 is 3.15 bits per heavy atom. The van der Waals surface area contributed by atoms with Crippen LogP contribution in [0.25, 0.3) is 10.9 Å². The Morgan fingerprint density at radius 2 is 2.20 bits per heavy atom. The van der Waals surface area contributed by atoms with Gasteiger partial charge in [-0.3, -0.25) is 4.79 Å². The molecule has 0 atom stereocenters. The van der Waals surface area contributed by atoms with Crippen LogP contribution in [0.5, 0.6) is 0 Å². The van der Waals surface area contributed by atoms with Gasteiger partial charge in [-0.1, -0.05) is 6.07 Å². The van der Waals surface area contributed by atoms with Crippen molar-refractivity contribution < 1.29 is 4.79 Å². The second kappa shape index (κ2) is 4.49. The predicted molar refractivity (Wildman–Crippen MR) is 81.1 cm³/mol. The summed E-state index contributed by atoms with van der Waals surface area (Å²) in [6.07, 6.45) is 2.86. The van der Waals surface area contributed by atoms with Crippen LogP contribution in [0.2, 0.25) is 0 Å². The maximum absolute atomic E-state index is 12.8. The smallest absolute Gasteiger partial charge is 0.254 e. The third-order valence-corrected chi connectivity index (χ3v) is 4.94. The highest BCUT2D eigenvalue weighted by Crippen LogP contribution is 2.26. The summed E-state index contributed by atoms with van der Waals surface area (Å²) in [6, 6.07) is 9.96. The quantitative estimate of drug-likeness (QED) is 0.729. The Balaban J connectivity index is 1.70. The van der Waals surface area contributed by atoms with E-state index in [1.807, 2.05) is 35.4 Å². The number of hydrogen-bond acceptors (Lipinski definition) is 2. The average Bonchev–Trinajstić information content (AvgIpc) is 3.13. The molecule has 0 saturated carbocycles. The number of aromatic amines is 1. The minimum Gasteiger partial charge on any atom is -0.361 e. The van der Waals surface area contributed by atoms with Gasteiger partial charge >= 0.3 is 0 Å². The van der Waals surface area contributed by atoms with Crippen LogP contribution >= 0.6 is 11.3 Å². The van der Waals surface area contributed by atoms with Gasteiger partial charge in [0.15, 0.2) is 0 Å². The van der Waals surface area contributed by atoms with Crippen molar-refractivity contribution in [3.8, 4) is 0 Å². The van der Waals surface area contributed by atoms with E-state index >= 15 is 0 Å². The van der Waals surface area contributed by atoms with Gasteiger partial charge in [-0.25, -0.2) is 0 Å². The van der Waals surface area contributed by atoms with Crippen LogP contribution in [-0.4, -0.2) is 22.3 Å². The maximum Gasteiger partial charge on any atom is 0.254 e. The zero-order valence-corrected chi connectivity index (χ0v) is 11.7. The van der Waals surface area contributed by atoms with E-state index in [1.54, 1.807) is 11.3 Å². The Bertz CT molecular complexity index is 786. The number of aromatic nitrogens is 1. The first-order valence-corrected chi connectivity index (χ1v) is 7.61. The van der Waals surface area contributed by atoms with E-state index in [9.17, 15) is 4.79 Å². The Morgan fingerprint density at radius 1 is 1.25 bits per heavy atom. The number of thiophene rings is 1. The molecule has 1 aromatic carbocycles. The number of fused-ring (bicyclic) bond motifs is 2. The molecule has 0 bridgehead atoms. The lowest BCUT2D eigenvalue weighted by molar-refractivity contribution is 0.0738. The summed E-state index contributed by atoms with van der Waals surface area (Å²) in [6.45, 7) is 1.55. The summed E-state index contributed by atoms with van der Waals surface area (Å²) in [4.78, 5) is 19.3. The molecule has 1 amide bonds. The van der Waals surface area contributed by atoms with E-state index in [-0.39, 0.29) is 5.91 Å². The number of carbonyl (C=O) groups is 1. The van der Waals surface area contributed by atoms with Crippen molar-refractivity contribution in [2.24, 2.45) is 0 Å². The number of hydrogen-bond donors (Lipinski definition) is 1. The van der Waals surface area contributed by atoms with Crippen molar-refractivity contribution in [2.45, 2.75) is 13.0 Å². The number of nitrogens with one attached hydrogen (secondary N) is 1. The van der Waals surface area contributed by atoms with E-state index in [4.69, 9.17) is 0 Å². The monoisotopic (exact) mass is 282 g/mol. The molecular formula is C16H14N2OS. The van der Waals surface area contributed by atoms with Crippen molar-refractivity contribution in [1.29, 1.82) is 0 Å². The summed E-state index contributed by atoms with van der Waals surface area (Å²) in [5.41, 5.74) is 3.11. The molecule has 1 aliphatic rings. The Hall–Kier alpha value is -2.07. The van der Waals surface area contributed by atoms with Crippen LogP contribution in [0, 0.1) is 0 Å². The third-order valence-electron chi connectivity index (χ3n) is 3.92. The molecule has 0 radical (unpaired) electrons. The number of amides is 1. The molecule has 0 saturated heterocycles. The molecule has 0 aliphatic carbocycles. The average molecular weight is 282 g/mol. The molecule has 4 rings (SSSR count). The predicted octanol–water partition coefficient (Wildman–Crippen LogP) is 3.43. The zero-order valence-electron chi connectivity index (χ0n) is 10.9. The van der Waals surface area contributed by atoms with Gasteiger partial charge in [0.25, 0.3) is 5.91 Å². The summed E-state index contributed by atoms with van der Waals surface area (Å²) < 4.78 is 0. The first-order valence-electron chi connectivity index (χ1n) is 6.73. The van der Waals surface area contributed by atoms with Gasteiger partial charge in [-0.2, -0.15) is 0 Å². The maximum atomic E-state index is 12.8. The molecule has 20 heavy (non-hydrogen) atoms. The van der Waals surface area contributed by atoms with Crippen molar-refractivity contribution in [3.63, 3.8) is 0 Å². The van der Waals surface area contributed by atoms with Crippen LogP contribution in [0.4, 0.5) is 0 Å². The summed E-state index contributed by atoms with van der Waals surface area (Å²) in [5, 5.41) is 3.12. The number of rotatable bonds is 1. The number of carbonyl (C=O) groups excluding carboxylic acids is 1. The lowest BCUT2D eigenvalue weighted by Crippen LogP contribution is -2.35. The molecular weight excluding hydrogens is 268 g/mol. The number of benzene rings is 1. The van der Waals surface area contributed by atoms with Crippen LogP contribution in [-0.2, 0) is 13.0 Å². The second-order valence-electron chi connectivity index (χ2n) is 5.09. The van der Waals surface area contributed by atoms with Gasteiger partial charge in [0.2, 0.25) is 0 Å². The molecule has 3 aromatic rings. The van der Waals surface area contributed by atoms with Crippen LogP contribution < -0.4 is 0 Å². The summed E-state index contributed by atoms with van der Waals surface area (Å²) >= 11 is 1.80. The molecule has 0 unspecified atom stereocenters. The number of H-pyrrole nitrogens is 1. The summed E-state index contributed by atoms with van der Waals surface area (Å²) in [5.74, 6) is 0.132. The topological polar surface area (TPSA) is 36.1 Å². The minimum atomic E-state index is 0.132. The Labute approximate surface area is 120 Å². The van der Waals surface area contributed by atoms with Crippen molar-refractivity contribution >= 4 is 28.1 Å². The first kappa shape index (κ1) is 11.7. The summed E-state index contributed by atoms with van der Waals surface area (Å²) in [7, 11) is 0. The molecule has 0 fully saturated rings. The van der Waals surface area contributed by atoms with E-state index in [0.29, 0.717) is 0 Å². The molecule has 100 valence electrons. The van der Waals surface area contributed by atoms with E-state index in [1.165, 1.54) is 10.4 Å². The lowest BCUT2D eigenvalue weighted by Gasteiger charge is -2.27. The third kappa shape index (κ3) is 1.76. The van der Waals surface area contributed by atoms with Gasteiger partial charge in [0, 0.05) is 40.6 Å². The molecule has 3 heterocycles. The van der Waals surface area contributed by atoms with E-state index in [0.717, 1.165) is 36.0 Å². The fraction of sp³-hybridized carbons (Fsp3) is 0.188. The highest BCUT2D eigenvalue weighted by atomic mass is 32.1. The van der Waals surface area contributed by atoms with Crippen LogP contribution in [0.3, 0.4) is 0 Å². The molecule has 0 spiro atoms. The minimum absolute atomic E-state index is 0.132. The molecule has 4 heteroatoms. The molecule has 1 N–H and O–H groups in total. The van der Waals surface area contributed by atoms with E-state index < -0.39 is 0 Å². The van der Waals surface area contributed by atoms with Gasteiger partial charge in [0.1, 0.15) is 0 Å². The van der Waals surface area contributed by atoms with Gasteiger partial charge in [0.05, 0.1) is 0 Å². The Kier molecular flexibility index (Phi) is 2.63. The molecule has 3 nitrogen and oxygen atoms in total. The SMILES string of the molecule is O=C(c1cccc2[nH]ccc12)N1CCc2sccc2C1. The second-order valence-corrected chi connectivity index (χ2v) is 6.09. The van der Waals surface area contributed by atoms with E-state index in [2.05, 4.69) is 16.4 Å². The van der Waals surface area contributed by atoms with Crippen LogP contribution in [0.15, 0.2) is 41.9 Å². The van der Waals surface area contributed by atoms with Crippen molar-refractivity contribution in [3.05, 3.63) is 57.9 Å². The molecule has 2 aromatic heterocycles. The van der Waals surface area contributed by atoms with Crippen molar-refractivity contribution in [2.75, 3.05) is 6.54 Å². The first-order chi connectivity index (χ1) is 9.83. The van der Waals surface area contributed by atoms with Gasteiger partial charge < -0.3 is 9.88 Å². The van der Waals surface area contributed by atoms with Crippen LogP contribution in [0.1, 0.15) is 20.8 Å². The lowest BCUT2D eigenvalue weighted by atomic mass is 10.1. The fourth-order valence-electron chi connectivity index (χ4n) is 2.86. The highest BCUT2D eigenvalue weighted by Gasteiger charge is 2.23. The number of nitrogens with zero attached hydrogens (tertiary/aromatic N) is 1. The largest absolute Gasteiger partial charge is 0.361 e. The normalized spacial score (nSPS) is 14.5.